The van der Waals surface area contributed by atoms with Crippen LogP contribution in [0, 0.1) is 0 Å². The van der Waals surface area contributed by atoms with Crippen LogP contribution in [0.5, 0.6) is 5.75 Å². The Kier molecular flexibility index (Phi) is 6.21. The summed E-state index contributed by atoms with van der Waals surface area (Å²) in [5.41, 5.74) is 1.60. The van der Waals surface area contributed by atoms with Crippen LogP contribution in [0.3, 0.4) is 0 Å². The summed E-state index contributed by atoms with van der Waals surface area (Å²) >= 11 is 5.95. The third-order valence-corrected chi connectivity index (χ3v) is 3.51. The van der Waals surface area contributed by atoms with E-state index in [-0.39, 0.29) is 24.5 Å². The molecule has 0 bridgehead atoms. The third-order valence-electron chi connectivity index (χ3n) is 3.27. The summed E-state index contributed by atoms with van der Waals surface area (Å²) in [6.07, 6.45) is 0. The largest absolute Gasteiger partial charge is 0.484 e. The fraction of sp³-hybridized carbons (Fsp3) is 0.222. The van der Waals surface area contributed by atoms with Crippen molar-refractivity contribution in [2.75, 3.05) is 11.9 Å². The molecule has 1 unspecified atom stereocenters. The Morgan fingerprint density at radius 2 is 1.88 bits per heavy atom. The number of nitrogens with one attached hydrogen (secondary N) is 2. The monoisotopic (exact) mass is 346 g/mol. The summed E-state index contributed by atoms with van der Waals surface area (Å²) in [6, 6.07) is 14.0. The highest BCUT2D eigenvalue weighted by atomic mass is 35.5. The average molecular weight is 347 g/mol. The lowest BCUT2D eigenvalue weighted by Crippen LogP contribution is -2.31. The van der Waals surface area contributed by atoms with Crippen molar-refractivity contribution in [2.45, 2.75) is 19.9 Å². The van der Waals surface area contributed by atoms with Crippen molar-refractivity contribution in [2.24, 2.45) is 0 Å². The summed E-state index contributed by atoms with van der Waals surface area (Å²) < 4.78 is 5.44. The van der Waals surface area contributed by atoms with Crippen LogP contribution in [0.25, 0.3) is 0 Å². The number of anilines is 1. The zero-order chi connectivity index (χ0) is 17.5. The molecular formula is C18H19ClN2O3. The Morgan fingerprint density at radius 3 is 2.50 bits per heavy atom. The molecule has 126 valence electrons. The van der Waals surface area contributed by atoms with Crippen molar-refractivity contribution in [3.63, 3.8) is 0 Å². The molecule has 0 aliphatic heterocycles. The molecular weight excluding hydrogens is 328 g/mol. The highest BCUT2D eigenvalue weighted by molar-refractivity contribution is 6.30. The summed E-state index contributed by atoms with van der Waals surface area (Å²) in [5, 5.41) is 6.14. The van der Waals surface area contributed by atoms with E-state index in [1.807, 2.05) is 25.1 Å². The normalized spacial score (nSPS) is 11.5. The maximum Gasteiger partial charge on any atom is 0.258 e. The molecule has 0 heterocycles. The lowest BCUT2D eigenvalue weighted by molar-refractivity contribution is -0.123. The molecule has 0 saturated heterocycles. The van der Waals surface area contributed by atoms with E-state index in [1.54, 1.807) is 30.3 Å². The number of hydrogen-bond acceptors (Lipinski definition) is 3. The number of rotatable bonds is 6. The van der Waals surface area contributed by atoms with Gasteiger partial charge in [-0.05, 0) is 48.9 Å². The Balaban J connectivity index is 1.83. The Labute approximate surface area is 146 Å². The van der Waals surface area contributed by atoms with E-state index in [0.717, 1.165) is 5.56 Å². The Bertz CT molecular complexity index is 716. The molecule has 2 aromatic rings. The van der Waals surface area contributed by atoms with Crippen LogP contribution in [0.4, 0.5) is 5.69 Å². The van der Waals surface area contributed by atoms with Crippen molar-refractivity contribution in [3.05, 3.63) is 59.1 Å². The molecule has 0 aliphatic carbocycles. The minimum atomic E-state index is -0.228. The number of hydrogen-bond donors (Lipinski definition) is 2. The molecule has 2 rings (SSSR count). The Hall–Kier alpha value is -2.53. The Morgan fingerprint density at radius 1 is 1.17 bits per heavy atom. The second kappa shape index (κ2) is 8.36. The van der Waals surface area contributed by atoms with Crippen LogP contribution in [0.15, 0.2) is 48.5 Å². The van der Waals surface area contributed by atoms with Gasteiger partial charge in [-0.25, -0.2) is 0 Å². The molecule has 0 aliphatic rings. The summed E-state index contributed by atoms with van der Waals surface area (Å²) in [4.78, 5) is 22.9. The molecule has 5 nitrogen and oxygen atoms in total. The second-order valence-electron chi connectivity index (χ2n) is 5.34. The lowest BCUT2D eigenvalue weighted by atomic mass is 10.1. The third kappa shape index (κ3) is 5.59. The van der Waals surface area contributed by atoms with Gasteiger partial charge < -0.3 is 15.4 Å². The summed E-state index contributed by atoms with van der Waals surface area (Å²) in [6.45, 7) is 3.23. The quantitative estimate of drug-likeness (QED) is 0.840. The van der Waals surface area contributed by atoms with Crippen LogP contribution < -0.4 is 15.4 Å². The number of ether oxygens (including phenoxy) is 1. The van der Waals surface area contributed by atoms with E-state index in [9.17, 15) is 9.59 Å². The van der Waals surface area contributed by atoms with Gasteiger partial charge in [0.1, 0.15) is 5.75 Å². The molecule has 0 spiro atoms. The topological polar surface area (TPSA) is 67.4 Å². The van der Waals surface area contributed by atoms with Gasteiger partial charge in [0.15, 0.2) is 6.61 Å². The first-order chi connectivity index (χ1) is 11.4. The average Bonchev–Trinajstić information content (AvgIpc) is 2.53. The zero-order valence-corrected chi connectivity index (χ0v) is 14.3. The maximum absolute atomic E-state index is 12.0. The van der Waals surface area contributed by atoms with Gasteiger partial charge in [-0.1, -0.05) is 23.7 Å². The predicted octanol–water partition coefficient (Wildman–Crippen LogP) is 3.55. The van der Waals surface area contributed by atoms with Gasteiger partial charge >= 0.3 is 0 Å². The van der Waals surface area contributed by atoms with E-state index < -0.39 is 0 Å². The second-order valence-corrected chi connectivity index (χ2v) is 5.77. The lowest BCUT2D eigenvalue weighted by Gasteiger charge is -2.15. The van der Waals surface area contributed by atoms with Crippen molar-refractivity contribution >= 4 is 29.1 Å². The SMILES string of the molecule is CC(=O)Nc1ccc(OCC(=O)NC(C)c2cccc(Cl)c2)cc1. The standard InChI is InChI=1S/C18H19ClN2O3/c1-12(14-4-3-5-15(19)10-14)20-18(23)11-24-17-8-6-16(7-9-17)21-13(2)22/h3-10,12H,11H2,1-2H3,(H,20,23)(H,21,22). The molecule has 24 heavy (non-hydrogen) atoms. The van der Waals surface area contributed by atoms with Crippen LogP contribution in [-0.4, -0.2) is 18.4 Å². The van der Waals surface area contributed by atoms with Crippen molar-refractivity contribution in [3.8, 4) is 5.75 Å². The summed E-state index contributed by atoms with van der Waals surface area (Å²) in [5.74, 6) is 0.182. The molecule has 0 saturated carbocycles. The number of benzene rings is 2. The highest BCUT2D eigenvalue weighted by Crippen LogP contribution is 2.18. The number of carbonyl (C=O) groups excluding carboxylic acids is 2. The highest BCUT2D eigenvalue weighted by Gasteiger charge is 2.10. The van der Waals surface area contributed by atoms with Gasteiger partial charge in [-0.3, -0.25) is 9.59 Å². The van der Waals surface area contributed by atoms with Crippen molar-refractivity contribution < 1.29 is 14.3 Å². The van der Waals surface area contributed by atoms with E-state index >= 15 is 0 Å². The minimum Gasteiger partial charge on any atom is -0.484 e. The fourth-order valence-electron chi connectivity index (χ4n) is 2.13. The first-order valence-electron chi connectivity index (χ1n) is 7.49. The van der Waals surface area contributed by atoms with Gasteiger partial charge in [0, 0.05) is 17.6 Å². The zero-order valence-electron chi connectivity index (χ0n) is 13.5. The van der Waals surface area contributed by atoms with Crippen LogP contribution >= 0.6 is 11.6 Å². The van der Waals surface area contributed by atoms with Crippen molar-refractivity contribution in [1.29, 1.82) is 0 Å². The molecule has 0 fully saturated rings. The molecule has 6 heteroatoms. The fourth-order valence-corrected chi connectivity index (χ4v) is 2.33. The molecule has 2 amide bonds. The first kappa shape index (κ1) is 17.8. The van der Waals surface area contributed by atoms with Gasteiger partial charge in [-0.2, -0.15) is 0 Å². The van der Waals surface area contributed by atoms with Crippen molar-refractivity contribution in [1.82, 2.24) is 5.32 Å². The van der Waals surface area contributed by atoms with E-state index in [2.05, 4.69) is 10.6 Å². The van der Waals surface area contributed by atoms with Gasteiger partial charge in [-0.15, -0.1) is 0 Å². The van der Waals surface area contributed by atoms with Gasteiger partial charge in [0.2, 0.25) is 5.91 Å². The maximum atomic E-state index is 12.0. The van der Waals surface area contributed by atoms with Crippen LogP contribution in [0.1, 0.15) is 25.5 Å². The molecule has 1 atom stereocenters. The number of amides is 2. The van der Waals surface area contributed by atoms with Crippen LogP contribution in [0.2, 0.25) is 5.02 Å². The smallest absolute Gasteiger partial charge is 0.258 e. The summed E-state index contributed by atoms with van der Waals surface area (Å²) in [7, 11) is 0. The first-order valence-corrected chi connectivity index (χ1v) is 7.87. The van der Waals surface area contributed by atoms with E-state index in [1.165, 1.54) is 6.92 Å². The van der Waals surface area contributed by atoms with E-state index in [0.29, 0.717) is 16.5 Å². The predicted molar refractivity (Wildman–Crippen MR) is 94.3 cm³/mol. The van der Waals surface area contributed by atoms with Gasteiger partial charge in [0.05, 0.1) is 6.04 Å². The minimum absolute atomic E-state index is 0.0929. The molecule has 2 aromatic carbocycles. The number of carbonyl (C=O) groups is 2. The molecule has 2 N–H and O–H groups in total. The molecule has 0 radical (unpaired) electrons. The van der Waals surface area contributed by atoms with E-state index in [4.69, 9.17) is 16.3 Å². The van der Waals surface area contributed by atoms with Crippen LogP contribution in [-0.2, 0) is 9.59 Å². The van der Waals surface area contributed by atoms with Gasteiger partial charge in [0.25, 0.3) is 5.91 Å². The number of halogens is 1. The molecule has 0 aromatic heterocycles.